The first-order valence-corrected chi connectivity index (χ1v) is 7.07. The Morgan fingerprint density at radius 1 is 1.53 bits per heavy atom. The molecule has 0 saturated carbocycles. The fraction of sp³-hybridized carbons (Fsp3) is 0.429. The molecule has 5 heteroatoms. The van der Waals surface area contributed by atoms with Crippen LogP contribution in [0.2, 0.25) is 0 Å². The number of thiocarbonyl (C=S) groups is 1. The molecule has 0 unspecified atom stereocenters. The SMILES string of the molecule is CCCCNC(=O)c1cccc(N2CCNC2=S)c1. The van der Waals surface area contributed by atoms with E-state index in [-0.39, 0.29) is 5.91 Å². The van der Waals surface area contributed by atoms with Gasteiger partial charge in [0.1, 0.15) is 0 Å². The zero-order valence-corrected chi connectivity index (χ0v) is 11.9. The molecule has 1 fully saturated rings. The molecule has 102 valence electrons. The number of rotatable bonds is 5. The van der Waals surface area contributed by atoms with E-state index in [1.54, 1.807) is 0 Å². The molecular weight excluding hydrogens is 258 g/mol. The summed E-state index contributed by atoms with van der Waals surface area (Å²) in [6.45, 7) is 4.53. The first-order valence-electron chi connectivity index (χ1n) is 6.66. The molecule has 4 nitrogen and oxygen atoms in total. The van der Waals surface area contributed by atoms with Gasteiger partial charge in [0.05, 0.1) is 0 Å². The van der Waals surface area contributed by atoms with Crippen molar-refractivity contribution in [3.63, 3.8) is 0 Å². The molecule has 0 aromatic heterocycles. The van der Waals surface area contributed by atoms with Crippen LogP contribution in [-0.2, 0) is 0 Å². The third kappa shape index (κ3) is 3.44. The maximum atomic E-state index is 12.0. The highest BCUT2D eigenvalue weighted by Gasteiger charge is 2.18. The molecule has 0 spiro atoms. The molecule has 0 aliphatic carbocycles. The van der Waals surface area contributed by atoms with Gasteiger partial charge in [0.2, 0.25) is 0 Å². The van der Waals surface area contributed by atoms with Crippen LogP contribution in [0.3, 0.4) is 0 Å². The van der Waals surface area contributed by atoms with Crippen molar-refractivity contribution in [2.45, 2.75) is 19.8 Å². The van der Waals surface area contributed by atoms with Gasteiger partial charge in [-0.25, -0.2) is 0 Å². The third-order valence-electron chi connectivity index (χ3n) is 3.09. The van der Waals surface area contributed by atoms with Gasteiger partial charge in [-0.1, -0.05) is 19.4 Å². The fourth-order valence-electron chi connectivity index (χ4n) is 2.01. The van der Waals surface area contributed by atoms with Crippen molar-refractivity contribution < 1.29 is 4.79 Å². The molecule has 0 bridgehead atoms. The number of nitrogens with one attached hydrogen (secondary N) is 2. The Morgan fingerprint density at radius 3 is 3.05 bits per heavy atom. The van der Waals surface area contributed by atoms with Crippen LogP contribution in [-0.4, -0.2) is 30.7 Å². The Hall–Kier alpha value is -1.62. The van der Waals surface area contributed by atoms with Crippen molar-refractivity contribution in [3.8, 4) is 0 Å². The quantitative estimate of drug-likeness (QED) is 0.637. The first kappa shape index (κ1) is 13.8. The Bertz CT molecular complexity index is 476. The number of hydrogen-bond donors (Lipinski definition) is 2. The van der Waals surface area contributed by atoms with Gasteiger partial charge < -0.3 is 15.5 Å². The molecule has 2 rings (SSSR count). The Morgan fingerprint density at radius 2 is 2.37 bits per heavy atom. The van der Waals surface area contributed by atoms with Crippen LogP contribution in [0, 0.1) is 0 Å². The van der Waals surface area contributed by atoms with Crippen molar-refractivity contribution in [2.24, 2.45) is 0 Å². The van der Waals surface area contributed by atoms with Gasteiger partial charge in [0.15, 0.2) is 5.11 Å². The molecule has 1 aromatic carbocycles. The lowest BCUT2D eigenvalue weighted by molar-refractivity contribution is 0.0953. The van der Waals surface area contributed by atoms with E-state index in [0.29, 0.717) is 5.56 Å². The molecule has 1 aliphatic heterocycles. The van der Waals surface area contributed by atoms with Crippen molar-refractivity contribution >= 4 is 28.9 Å². The smallest absolute Gasteiger partial charge is 0.251 e. The summed E-state index contributed by atoms with van der Waals surface area (Å²) in [5.74, 6) is -0.0200. The van der Waals surface area contributed by atoms with E-state index < -0.39 is 0 Å². The maximum Gasteiger partial charge on any atom is 0.251 e. The van der Waals surface area contributed by atoms with E-state index in [4.69, 9.17) is 12.2 Å². The maximum absolute atomic E-state index is 12.0. The lowest BCUT2D eigenvalue weighted by atomic mass is 10.1. The first-order chi connectivity index (χ1) is 9.22. The number of anilines is 1. The Balaban J connectivity index is 2.06. The van der Waals surface area contributed by atoms with Crippen LogP contribution >= 0.6 is 12.2 Å². The van der Waals surface area contributed by atoms with Crippen molar-refractivity contribution in [3.05, 3.63) is 29.8 Å². The van der Waals surface area contributed by atoms with E-state index in [0.717, 1.165) is 43.3 Å². The van der Waals surface area contributed by atoms with Gasteiger partial charge in [-0.15, -0.1) is 0 Å². The van der Waals surface area contributed by atoms with Gasteiger partial charge in [-0.3, -0.25) is 4.79 Å². The molecule has 1 aliphatic rings. The van der Waals surface area contributed by atoms with Crippen LogP contribution in [0.25, 0.3) is 0 Å². The monoisotopic (exact) mass is 277 g/mol. The number of benzene rings is 1. The number of hydrogen-bond acceptors (Lipinski definition) is 2. The average Bonchev–Trinajstić information content (AvgIpc) is 2.85. The summed E-state index contributed by atoms with van der Waals surface area (Å²) in [4.78, 5) is 14.0. The van der Waals surface area contributed by atoms with E-state index in [9.17, 15) is 4.79 Å². The Kier molecular flexibility index (Phi) is 4.74. The highest BCUT2D eigenvalue weighted by Crippen LogP contribution is 2.18. The number of unbranched alkanes of at least 4 members (excludes halogenated alkanes) is 1. The van der Waals surface area contributed by atoms with Crippen molar-refractivity contribution in [2.75, 3.05) is 24.5 Å². The minimum Gasteiger partial charge on any atom is -0.360 e. The zero-order valence-electron chi connectivity index (χ0n) is 11.1. The Labute approximate surface area is 119 Å². The molecule has 0 radical (unpaired) electrons. The largest absolute Gasteiger partial charge is 0.360 e. The zero-order chi connectivity index (χ0) is 13.7. The van der Waals surface area contributed by atoms with Gasteiger partial charge >= 0.3 is 0 Å². The third-order valence-corrected chi connectivity index (χ3v) is 3.46. The van der Waals surface area contributed by atoms with Crippen molar-refractivity contribution in [1.82, 2.24) is 10.6 Å². The minimum atomic E-state index is -0.0200. The minimum absolute atomic E-state index is 0.0200. The number of nitrogens with zero attached hydrogens (tertiary/aromatic N) is 1. The predicted octanol–water partition coefficient (Wildman–Crippen LogP) is 1.91. The molecule has 2 N–H and O–H groups in total. The van der Waals surface area contributed by atoms with E-state index in [2.05, 4.69) is 17.6 Å². The molecule has 1 heterocycles. The van der Waals surface area contributed by atoms with E-state index in [1.807, 2.05) is 29.2 Å². The van der Waals surface area contributed by atoms with Crippen LogP contribution in [0.5, 0.6) is 0 Å². The number of carbonyl (C=O) groups is 1. The molecule has 1 aromatic rings. The molecule has 0 atom stereocenters. The van der Waals surface area contributed by atoms with Crippen molar-refractivity contribution in [1.29, 1.82) is 0 Å². The second-order valence-electron chi connectivity index (χ2n) is 4.54. The van der Waals surface area contributed by atoms with Crippen LogP contribution in [0.4, 0.5) is 5.69 Å². The molecule has 1 amide bonds. The summed E-state index contributed by atoms with van der Waals surface area (Å²) in [7, 11) is 0. The fourth-order valence-corrected chi connectivity index (χ4v) is 2.31. The topological polar surface area (TPSA) is 44.4 Å². The van der Waals surface area contributed by atoms with Gasteiger partial charge in [0, 0.05) is 30.9 Å². The van der Waals surface area contributed by atoms with Crippen LogP contribution in [0.1, 0.15) is 30.1 Å². The second-order valence-corrected chi connectivity index (χ2v) is 4.93. The summed E-state index contributed by atoms with van der Waals surface area (Å²) >= 11 is 5.23. The lowest BCUT2D eigenvalue weighted by Gasteiger charge is -2.17. The van der Waals surface area contributed by atoms with Gasteiger partial charge in [0.25, 0.3) is 5.91 Å². The number of amides is 1. The summed E-state index contributed by atoms with van der Waals surface area (Å²) in [5.41, 5.74) is 1.65. The van der Waals surface area contributed by atoms with Gasteiger partial charge in [-0.05, 0) is 36.8 Å². The lowest BCUT2D eigenvalue weighted by Crippen LogP contribution is -2.28. The second kappa shape index (κ2) is 6.52. The molecule has 19 heavy (non-hydrogen) atoms. The highest BCUT2D eigenvalue weighted by atomic mass is 32.1. The summed E-state index contributed by atoms with van der Waals surface area (Å²) in [6, 6.07) is 7.59. The van der Waals surface area contributed by atoms with Gasteiger partial charge in [-0.2, -0.15) is 0 Å². The summed E-state index contributed by atoms with van der Waals surface area (Å²) in [6.07, 6.45) is 2.08. The normalized spacial score (nSPS) is 14.4. The van der Waals surface area contributed by atoms with Crippen LogP contribution < -0.4 is 15.5 Å². The molecule has 1 saturated heterocycles. The van der Waals surface area contributed by atoms with E-state index in [1.165, 1.54) is 0 Å². The summed E-state index contributed by atoms with van der Waals surface area (Å²) < 4.78 is 0. The standard InChI is InChI=1S/C14H19N3OS/c1-2-3-7-15-13(18)11-5-4-6-12(10-11)17-9-8-16-14(17)19/h4-6,10H,2-3,7-9H2,1H3,(H,15,18)(H,16,19). The predicted molar refractivity (Wildman–Crippen MR) is 81.6 cm³/mol. The summed E-state index contributed by atoms with van der Waals surface area (Å²) in [5, 5.41) is 6.76. The number of carbonyl (C=O) groups excluding carboxylic acids is 1. The molecular formula is C14H19N3OS. The van der Waals surface area contributed by atoms with Crippen LogP contribution in [0.15, 0.2) is 24.3 Å². The van der Waals surface area contributed by atoms with E-state index >= 15 is 0 Å². The average molecular weight is 277 g/mol. The highest BCUT2D eigenvalue weighted by molar-refractivity contribution is 7.80.